The van der Waals surface area contributed by atoms with Crippen LogP contribution in [-0.4, -0.2) is 52.9 Å². The number of likely N-dealkylation sites (tertiary alicyclic amines) is 1. The standard InChI is InChI=1S/C22H29N3O3/c1-28-17-7-4-6-16(12-17)13-22(15-26)10-5-11-25(14-22)21(27)20-18-8-2-3-9-19(18)23-24-20/h4,6-7,12,26H,2-3,5,8-11,13-15H2,1H3,(H,23,24)/t22-/m1/s1. The highest BCUT2D eigenvalue weighted by atomic mass is 16.5. The predicted molar refractivity (Wildman–Crippen MR) is 107 cm³/mol. The van der Waals surface area contributed by atoms with Crippen LogP contribution >= 0.6 is 0 Å². The Hall–Kier alpha value is -2.34. The van der Waals surface area contributed by atoms with Crippen molar-refractivity contribution in [3.8, 4) is 5.75 Å². The molecule has 0 saturated carbocycles. The molecule has 0 radical (unpaired) electrons. The van der Waals surface area contributed by atoms with Gasteiger partial charge in [-0.1, -0.05) is 12.1 Å². The summed E-state index contributed by atoms with van der Waals surface area (Å²) >= 11 is 0. The van der Waals surface area contributed by atoms with Gasteiger partial charge in [0.05, 0.1) is 13.7 Å². The van der Waals surface area contributed by atoms with Crippen LogP contribution in [0.25, 0.3) is 0 Å². The third-order valence-electron chi connectivity index (χ3n) is 6.26. The van der Waals surface area contributed by atoms with Crippen molar-refractivity contribution >= 4 is 5.91 Å². The number of hydrogen-bond donors (Lipinski definition) is 2. The summed E-state index contributed by atoms with van der Waals surface area (Å²) in [6.45, 7) is 1.34. The monoisotopic (exact) mass is 383 g/mol. The summed E-state index contributed by atoms with van der Waals surface area (Å²) in [5.41, 5.74) is 3.61. The number of H-pyrrole nitrogens is 1. The lowest BCUT2D eigenvalue weighted by molar-refractivity contribution is 0.0267. The Morgan fingerprint density at radius 2 is 2.18 bits per heavy atom. The van der Waals surface area contributed by atoms with Crippen LogP contribution in [0.2, 0.25) is 0 Å². The van der Waals surface area contributed by atoms with Gasteiger partial charge >= 0.3 is 0 Å². The molecular weight excluding hydrogens is 354 g/mol. The first-order valence-corrected chi connectivity index (χ1v) is 10.2. The molecular formula is C22H29N3O3. The van der Waals surface area contributed by atoms with E-state index in [4.69, 9.17) is 4.74 Å². The first-order valence-electron chi connectivity index (χ1n) is 10.2. The second kappa shape index (κ2) is 7.95. The molecule has 1 fully saturated rings. The number of nitrogens with one attached hydrogen (secondary N) is 1. The number of nitrogens with zero attached hydrogens (tertiary/aromatic N) is 2. The zero-order valence-electron chi connectivity index (χ0n) is 16.5. The molecule has 2 N–H and O–H groups in total. The number of amides is 1. The van der Waals surface area contributed by atoms with Gasteiger partial charge in [0.2, 0.25) is 0 Å². The minimum atomic E-state index is -0.323. The molecule has 1 aromatic carbocycles. The molecule has 0 bridgehead atoms. The molecule has 28 heavy (non-hydrogen) atoms. The first kappa shape index (κ1) is 19.0. The van der Waals surface area contributed by atoms with Gasteiger partial charge in [0, 0.05) is 29.8 Å². The van der Waals surface area contributed by atoms with Crippen LogP contribution in [-0.2, 0) is 19.3 Å². The van der Waals surface area contributed by atoms with Crippen LogP contribution in [0.3, 0.4) is 0 Å². The number of aliphatic hydroxyl groups is 1. The summed E-state index contributed by atoms with van der Waals surface area (Å²) in [6.07, 6.45) is 6.70. The van der Waals surface area contributed by atoms with E-state index in [-0.39, 0.29) is 17.9 Å². The first-order chi connectivity index (χ1) is 13.6. The van der Waals surface area contributed by atoms with Crippen molar-refractivity contribution in [2.75, 3.05) is 26.8 Å². The molecule has 1 amide bonds. The number of benzene rings is 1. The number of carbonyl (C=O) groups is 1. The third-order valence-corrected chi connectivity index (χ3v) is 6.26. The van der Waals surface area contributed by atoms with E-state index in [1.54, 1.807) is 7.11 Å². The maximum Gasteiger partial charge on any atom is 0.274 e. The fraction of sp³-hybridized carbons (Fsp3) is 0.545. The summed E-state index contributed by atoms with van der Waals surface area (Å²) in [5, 5.41) is 17.7. The van der Waals surface area contributed by atoms with Crippen LogP contribution < -0.4 is 4.74 Å². The maximum absolute atomic E-state index is 13.2. The Kier molecular flexibility index (Phi) is 5.40. The molecule has 0 spiro atoms. The van der Waals surface area contributed by atoms with E-state index >= 15 is 0 Å². The average molecular weight is 383 g/mol. The molecule has 2 aliphatic rings. The Bertz CT molecular complexity index is 847. The molecule has 6 nitrogen and oxygen atoms in total. The number of piperidine rings is 1. The fourth-order valence-electron chi connectivity index (χ4n) is 4.73. The molecule has 2 heterocycles. The van der Waals surface area contributed by atoms with Crippen molar-refractivity contribution in [2.45, 2.75) is 44.9 Å². The third kappa shape index (κ3) is 3.65. The molecule has 6 heteroatoms. The number of aromatic amines is 1. The molecule has 4 rings (SSSR count). The molecule has 1 saturated heterocycles. The van der Waals surface area contributed by atoms with Gasteiger partial charge in [0.15, 0.2) is 5.69 Å². The fourth-order valence-corrected chi connectivity index (χ4v) is 4.73. The number of methoxy groups -OCH3 is 1. The van der Waals surface area contributed by atoms with Crippen LogP contribution in [0.4, 0.5) is 0 Å². The summed E-state index contributed by atoms with van der Waals surface area (Å²) in [4.78, 5) is 15.1. The van der Waals surface area contributed by atoms with Crippen molar-refractivity contribution < 1.29 is 14.6 Å². The second-order valence-corrected chi connectivity index (χ2v) is 8.25. The Balaban J connectivity index is 1.53. The molecule has 1 atom stereocenters. The van der Waals surface area contributed by atoms with E-state index in [9.17, 15) is 9.90 Å². The van der Waals surface area contributed by atoms with E-state index in [1.807, 2.05) is 23.1 Å². The minimum Gasteiger partial charge on any atom is -0.497 e. The van der Waals surface area contributed by atoms with Crippen molar-refractivity contribution in [3.63, 3.8) is 0 Å². The van der Waals surface area contributed by atoms with Crippen LogP contribution in [0, 0.1) is 5.41 Å². The maximum atomic E-state index is 13.2. The number of carbonyl (C=O) groups excluding carboxylic acids is 1. The number of aryl methyl sites for hydroxylation is 1. The molecule has 0 unspecified atom stereocenters. The summed E-state index contributed by atoms with van der Waals surface area (Å²) in [6, 6.07) is 7.97. The highest BCUT2D eigenvalue weighted by Gasteiger charge is 2.38. The Labute approximate surface area is 165 Å². The van der Waals surface area contributed by atoms with E-state index in [1.165, 1.54) is 0 Å². The van der Waals surface area contributed by atoms with Crippen molar-refractivity contribution in [1.82, 2.24) is 15.1 Å². The van der Waals surface area contributed by atoms with Gasteiger partial charge in [-0.25, -0.2) is 0 Å². The van der Waals surface area contributed by atoms with Gasteiger partial charge in [-0.15, -0.1) is 0 Å². The molecule has 1 aliphatic carbocycles. The van der Waals surface area contributed by atoms with Crippen LogP contribution in [0.5, 0.6) is 5.75 Å². The van der Waals surface area contributed by atoms with Crippen molar-refractivity contribution in [1.29, 1.82) is 0 Å². The quantitative estimate of drug-likeness (QED) is 0.832. The van der Waals surface area contributed by atoms with Crippen LogP contribution in [0.15, 0.2) is 24.3 Å². The van der Waals surface area contributed by atoms with Crippen molar-refractivity contribution in [2.24, 2.45) is 5.41 Å². The highest BCUT2D eigenvalue weighted by molar-refractivity contribution is 5.94. The zero-order valence-corrected chi connectivity index (χ0v) is 16.5. The van der Waals surface area contributed by atoms with Gasteiger partial charge in [0.25, 0.3) is 5.91 Å². The lowest BCUT2D eigenvalue weighted by Gasteiger charge is -2.42. The predicted octanol–water partition coefficient (Wildman–Crippen LogP) is 2.75. The minimum absolute atomic E-state index is 0.00238. The number of fused-ring (bicyclic) bond motifs is 1. The summed E-state index contributed by atoms with van der Waals surface area (Å²) < 4.78 is 5.33. The van der Waals surface area contributed by atoms with Gasteiger partial charge in [-0.2, -0.15) is 5.10 Å². The lowest BCUT2D eigenvalue weighted by atomic mass is 9.75. The van der Waals surface area contributed by atoms with Gasteiger partial charge < -0.3 is 14.7 Å². The number of rotatable bonds is 5. The normalized spacial score (nSPS) is 22.0. The van der Waals surface area contributed by atoms with Gasteiger partial charge in [-0.3, -0.25) is 9.89 Å². The van der Waals surface area contributed by atoms with Crippen molar-refractivity contribution in [3.05, 3.63) is 46.8 Å². The second-order valence-electron chi connectivity index (χ2n) is 8.25. The average Bonchev–Trinajstić information content (AvgIpc) is 3.17. The van der Waals surface area contributed by atoms with Crippen LogP contribution in [0.1, 0.15) is 53.0 Å². The number of aromatic nitrogens is 2. The highest BCUT2D eigenvalue weighted by Crippen LogP contribution is 2.35. The molecule has 150 valence electrons. The number of hydrogen-bond acceptors (Lipinski definition) is 4. The number of aliphatic hydroxyl groups excluding tert-OH is 1. The summed E-state index contributed by atoms with van der Waals surface area (Å²) in [5.74, 6) is 0.819. The topological polar surface area (TPSA) is 78.5 Å². The van der Waals surface area contributed by atoms with E-state index in [2.05, 4.69) is 16.3 Å². The summed E-state index contributed by atoms with van der Waals surface area (Å²) in [7, 11) is 1.66. The smallest absolute Gasteiger partial charge is 0.274 e. The Morgan fingerprint density at radius 1 is 1.32 bits per heavy atom. The zero-order chi connectivity index (χ0) is 19.6. The largest absolute Gasteiger partial charge is 0.497 e. The molecule has 1 aliphatic heterocycles. The van der Waals surface area contributed by atoms with E-state index < -0.39 is 0 Å². The van der Waals surface area contributed by atoms with E-state index in [0.29, 0.717) is 12.2 Å². The SMILES string of the molecule is COc1cccc(C[C@]2(CO)CCCN(C(=O)c3n[nH]c4c3CCCC4)C2)c1. The van der Waals surface area contributed by atoms with E-state index in [0.717, 1.165) is 74.1 Å². The van der Waals surface area contributed by atoms with Gasteiger partial charge in [0.1, 0.15) is 5.75 Å². The molecule has 1 aromatic heterocycles. The lowest BCUT2D eigenvalue weighted by Crippen LogP contribution is -2.49. The molecule has 2 aromatic rings. The van der Waals surface area contributed by atoms with Gasteiger partial charge in [-0.05, 0) is 62.6 Å². The number of ether oxygens (including phenoxy) is 1. The Morgan fingerprint density at radius 3 is 3.00 bits per heavy atom.